The van der Waals surface area contributed by atoms with Gasteiger partial charge in [0.25, 0.3) is 0 Å². The van der Waals surface area contributed by atoms with E-state index in [0.717, 1.165) is 56.5 Å². The van der Waals surface area contributed by atoms with E-state index in [1.807, 2.05) is 18.2 Å². The molecule has 23 heavy (non-hydrogen) atoms. The number of rotatable bonds is 6. The normalized spacial score (nSPS) is 15.7. The Kier molecular flexibility index (Phi) is 6.06. The second kappa shape index (κ2) is 8.46. The molecule has 1 heterocycles. The average molecular weight is 331 g/mol. The number of hydrogen-bond acceptors (Lipinski definition) is 3. The summed E-state index contributed by atoms with van der Waals surface area (Å²) in [5, 5.41) is 4.27. The summed E-state index contributed by atoms with van der Waals surface area (Å²) in [5.74, 6) is 0. The minimum atomic E-state index is 0.787. The molecule has 4 heteroatoms. The molecule has 0 spiro atoms. The van der Waals surface area contributed by atoms with E-state index in [9.17, 15) is 0 Å². The Labute approximate surface area is 143 Å². The van der Waals surface area contributed by atoms with Gasteiger partial charge in [0, 0.05) is 37.7 Å². The van der Waals surface area contributed by atoms with Gasteiger partial charge in [-0.25, -0.2) is 0 Å². The van der Waals surface area contributed by atoms with Crippen LogP contribution in [0.25, 0.3) is 0 Å². The zero-order valence-corrected chi connectivity index (χ0v) is 14.1. The average Bonchev–Trinajstić information content (AvgIpc) is 2.59. The van der Waals surface area contributed by atoms with Crippen molar-refractivity contribution in [2.75, 3.05) is 26.3 Å². The first-order valence-corrected chi connectivity index (χ1v) is 8.51. The van der Waals surface area contributed by atoms with E-state index < -0.39 is 0 Å². The van der Waals surface area contributed by atoms with Gasteiger partial charge in [0.05, 0.1) is 13.2 Å². The summed E-state index contributed by atoms with van der Waals surface area (Å²) in [4.78, 5) is 2.44. The van der Waals surface area contributed by atoms with Crippen LogP contribution < -0.4 is 5.32 Å². The molecule has 1 N–H and O–H groups in total. The first kappa shape index (κ1) is 16.5. The molecular formula is C19H23ClN2O. The first-order chi connectivity index (χ1) is 11.3. The first-order valence-electron chi connectivity index (χ1n) is 8.13. The van der Waals surface area contributed by atoms with Crippen molar-refractivity contribution in [1.29, 1.82) is 0 Å². The zero-order valence-electron chi connectivity index (χ0n) is 13.3. The van der Waals surface area contributed by atoms with Gasteiger partial charge in [-0.05, 0) is 22.8 Å². The van der Waals surface area contributed by atoms with Gasteiger partial charge in [-0.3, -0.25) is 4.90 Å². The van der Waals surface area contributed by atoms with Gasteiger partial charge in [-0.15, -0.1) is 0 Å². The summed E-state index contributed by atoms with van der Waals surface area (Å²) >= 11 is 6.17. The number of hydrogen-bond donors (Lipinski definition) is 1. The Balaban J connectivity index is 1.46. The molecule has 122 valence electrons. The Morgan fingerprint density at radius 3 is 2.35 bits per heavy atom. The fourth-order valence-corrected chi connectivity index (χ4v) is 2.97. The molecule has 0 radical (unpaired) electrons. The lowest BCUT2D eigenvalue weighted by Gasteiger charge is -2.26. The SMILES string of the molecule is Clc1ccccc1CNCc1ccc(CN2CCOCC2)cc1. The number of nitrogens with zero attached hydrogens (tertiary/aromatic N) is 1. The van der Waals surface area contributed by atoms with Crippen molar-refractivity contribution in [2.45, 2.75) is 19.6 Å². The lowest BCUT2D eigenvalue weighted by molar-refractivity contribution is 0.0342. The van der Waals surface area contributed by atoms with Crippen LogP contribution in [0.15, 0.2) is 48.5 Å². The predicted octanol–water partition coefficient (Wildman–Crippen LogP) is 3.46. The summed E-state index contributed by atoms with van der Waals surface area (Å²) in [6.45, 7) is 6.41. The maximum absolute atomic E-state index is 6.17. The highest BCUT2D eigenvalue weighted by atomic mass is 35.5. The van der Waals surface area contributed by atoms with E-state index >= 15 is 0 Å². The van der Waals surface area contributed by atoms with Gasteiger partial charge in [-0.1, -0.05) is 54.1 Å². The number of morpholine rings is 1. The maximum atomic E-state index is 6.17. The molecule has 3 nitrogen and oxygen atoms in total. The van der Waals surface area contributed by atoms with Crippen molar-refractivity contribution in [3.8, 4) is 0 Å². The molecule has 0 aliphatic carbocycles. The van der Waals surface area contributed by atoms with Crippen molar-refractivity contribution in [3.63, 3.8) is 0 Å². The molecule has 1 aliphatic heterocycles. The predicted molar refractivity (Wildman–Crippen MR) is 94.5 cm³/mol. The Hall–Kier alpha value is -1.39. The van der Waals surface area contributed by atoms with Crippen LogP contribution in [0.3, 0.4) is 0 Å². The molecule has 0 aromatic heterocycles. The Bertz CT molecular complexity index is 609. The third-order valence-electron chi connectivity index (χ3n) is 4.14. The molecule has 0 bridgehead atoms. The monoisotopic (exact) mass is 330 g/mol. The zero-order chi connectivity index (χ0) is 15.9. The summed E-state index contributed by atoms with van der Waals surface area (Å²) in [7, 11) is 0. The standard InChI is InChI=1S/C19H23ClN2O/c20-19-4-2-1-3-18(19)14-21-13-16-5-7-17(8-6-16)15-22-9-11-23-12-10-22/h1-8,21H,9-15H2. The van der Waals surface area contributed by atoms with Crippen molar-refractivity contribution in [1.82, 2.24) is 10.2 Å². The molecule has 0 atom stereocenters. The summed E-state index contributed by atoms with van der Waals surface area (Å²) in [6.07, 6.45) is 0. The minimum absolute atomic E-state index is 0.787. The van der Waals surface area contributed by atoms with E-state index in [0.29, 0.717) is 0 Å². The number of nitrogens with one attached hydrogen (secondary N) is 1. The molecule has 1 fully saturated rings. The van der Waals surface area contributed by atoms with E-state index in [1.54, 1.807) is 0 Å². The smallest absolute Gasteiger partial charge is 0.0594 e. The lowest BCUT2D eigenvalue weighted by Crippen LogP contribution is -2.35. The summed E-state index contributed by atoms with van der Waals surface area (Å²) < 4.78 is 5.39. The van der Waals surface area contributed by atoms with Gasteiger partial charge < -0.3 is 10.1 Å². The quantitative estimate of drug-likeness (QED) is 0.878. The van der Waals surface area contributed by atoms with Crippen LogP contribution in [0.1, 0.15) is 16.7 Å². The van der Waals surface area contributed by atoms with Crippen LogP contribution in [-0.2, 0) is 24.4 Å². The molecule has 0 saturated carbocycles. The highest BCUT2D eigenvalue weighted by molar-refractivity contribution is 6.31. The Morgan fingerprint density at radius 2 is 1.61 bits per heavy atom. The van der Waals surface area contributed by atoms with Crippen LogP contribution in [0.5, 0.6) is 0 Å². The van der Waals surface area contributed by atoms with Crippen molar-refractivity contribution < 1.29 is 4.74 Å². The van der Waals surface area contributed by atoms with Gasteiger partial charge >= 0.3 is 0 Å². The fraction of sp³-hybridized carbons (Fsp3) is 0.368. The van der Waals surface area contributed by atoms with Gasteiger partial charge in [-0.2, -0.15) is 0 Å². The Morgan fingerprint density at radius 1 is 0.913 bits per heavy atom. The number of benzene rings is 2. The van der Waals surface area contributed by atoms with Crippen LogP contribution in [0.4, 0.5) is 0 Å². The molecule has 3 rings (SSSR count). The highest BCUT2D eigenvalue weighted by Gasteiger charge is 2.10. The van der Waals surface area contributed by atoms with Gasteiger partial charge in [0.15, 0.2) is 0 Å². The van der Waals surface area contributed by atoms with Crippen LogP contribution in [0, 0.1) is 0 Å². The molecular weight excluding hydrogens is 308 g/mol. The minimum Gasteiger partial charge on any atom is -0.379 e. The third kappa shape index (κ3) is 5.05. The number of halogens is 1. The maximum Gasteiger partial charge on any atom is 0.0594 e. The molecule has 1 saturated heterocycles. The molecule has 1 aliphatic rings. The van der Waals surface area contributed by atoms with Crippen LogP contribution >= 0.6 is 11.6 Å². The van der Waals surface area contributed by atoms with Crippen LogP contribution in [-0.4, -0.2) is 31.2 Å². The van der Waals surface area contributed by atoms with E-state index in [2.05, 4.69) is 40.5 Å². The molecule has 2 aromatic rings. The molecule has 2 aromatic carbocycles. The molecule has 0 amide bonds. The van der Waals surface area contributed by atoms with Crippen LogP contribution in [0.2, 0.25) is 5.02 Å². The van der Waals surface area contributed by atoms with E-state index in [-0.39, 0.29) is 0 Å². The number of ether oxygens (including phenoxy) is 1. The second-order valence-electron chi connectivity index (χ2n) is 5.90. The van der Waals surface area contributed by atoms with Gasteiger partial charge in [0.2, 0.25) is 0 Å². The largest absolute Gasteiger partial charge is 0.379 e. The second-order valence-corrected chi connectivity index (χ2v) is 6.31. The van der Waals surface area contributed by atoms with E-state index in [4.69, 9.17) is 16.3 Å². The lowest BCUT2D eigenvalue weighted by atomic mass is 10.1. The summed E-state index contributed by atoms with van der Waals surface area (Å²) in [5.41, 5.74) is 3.79. The third-order valence-corrected chi connectivity index (χ3v) is 4.50. The van der Waals surface area contributed by atoms with Gasteiger partial charge in [0.1, 0.15) is 0 Å². The van der Waals surface area contributed by atoms with Crippen molar-refractivity contribution in [2.24, 2.45) is 0 Å². The van der Waals surface area contributed by atoms with E-state index in [1.165, 1.54) is 11.1 Å². The van der Waals surface area contributed by atoms with Crippen molar-refractivity contribution >= 4 is 11.6 Å². The molecule has 0 unspecified atom stereocenters. The summed E-state index contributed by atoms with van der Waals surface area (Å²) in [6, 6.07) is 16.8. The van der Waals surface area contributed by atoms with Crippen molar-refractivity contribution in [3.05, 3.63) is 70.2 Å². The fourth-order valence-electron chi connectivity index (χ4n) is 2.76. The topological polar surface area (TPSA) is 24.5 Å². The highest BCUT2D eigenvalue weighted by Crippen LogP contribution is 2.15.